The Hall–Kier alpha value is -1.88. The third kappa shape index (κ3) is 3.88. The van der Waals surface area contributed by atoms with Gasteiger partial charge in [-0.3, -0.25) is 4.90 Å². The molecule has 0 spiro atoms. The lowest BCUT2D eigenvalue weighted by atomic mass is 9.89. The molecular weight excluding hydrogens is 338 g/mol. The van der Waals surface area contributed by atoms with E-state index < -0.39 is 5.60 Å². The summed E-state index contributed by atoms with van der Waals surface area (Å²) in [6.07, 6.45) is 2.49. The fraction of sp³-hybridized carbons (Fsp3) is 0.478. The van der Waals surface area contributed by atoms with E-state index in [0.717, 1.165) is 31.4 Å². The van der Waals surface area contributed by atoms with E-state index in [-0.39, 0.29) is 11.9 Å². The number of hydrogen-bond acceptors (Lipinski definition) is 4. The van der Waals surface area contributed by atoms with Gasteiger partial charge < -0.3 is 15.3 Å². The Bertz CT molecular complexity index is 759. The molecule has 144 valence electrons. The quantitative estimate of drug-likeness (QED) is 0.760. The van der Waals surface area contributed by atoms with Crippen LogP contribution in [0, 0.1) is 11.8 Å². The molecule has 1 heterocycles. The van der Waals surface area contributed by atoms with E-state index in [2.05, 4.69) is 29.2 Å². The van der Waals surface area contributed by atoms with Gasteiger partial charge in [0.15, 0.2) is 0 Å². The Morgan fingerprint density at radius 3 is 2.44 bits per heavy atom. The van der Waals surface area contributed by atoms with E-state index in [1.165, 1.54) is 5.56 Å². The van der Waals surface area contributed by atoms with Crippen molar-refractivity contribution in [1.82, 2.24) is 4.90 Å². The molecule has 0 aromatic heterocycles. The number of likely N-dealkylation sites (tertiary alicyclic amines) is 1. The van der Waals surface area contributed by atoms with Gasteiger partial charge in [0, 0.05) is 19.1 Å². The second-order valence-electron chi connectivity index (χ2n) is 8.56. The van der Waals surface area contributed by atoms with E-state index in [9.17, 15) is 15.3 Å². The standard InChI is InChI=1S/C23H29NO3/c1-23(27,18-7-9-19(25)10-8-18)15-24-14-17-12-20(26)13-21(17)22(24)11-16-5-3-2-4-6-16/h2-10,17,20-22,25-27H,11-15H2,1H3. The first-order chi connectivity index (χ1) is 12.9. The van der Waals surface area contributed by atoms with Crippen molar-refractivity contribution >= 4 is 0 Å². The van der Waals surface area contributed by atoms with Crippen molar-refractivity contribution in [3.63, 3.8) is 0 Å². The maximum absolute atomic E-state index is 11.2. The van der Waals surface area contributed by atoms with Crippen LogP contribution < -0.4 is 0 Å². The molecule has 0 radical (unpaired) electrons. The van der Waals surface area contributed by atoms with Gasteiger partial charge in [-0.05, 0) is 61.3 Å². The Labute approximate surface area is 161 Å². The molecule has 4 nitrogen and oxygen atoms in total. The molecular formula is C23H29NO3. The number of aromatic hydroxyl groups is 1. The molecule has 5 atom stereocenters. The zero-order valence-electron chi connectivity index (χ0n) is 15.8. The van der Waals surface area contributed by atoms with Crippen LogP contribution in [-0.2, 0) is 12.0 Å². The lowest BCUT2D eigenvalue weighted by Gasteiger charge is -2.35. The zero-order chi connectivity index (χ0) is 19.0. The van der Waals surface area contributed by atoms with E-state index in [1.807, 2.05) is 13.0 Å². The average molecular weight is 367 g/mol. The molecule has 0 amide bonds. The van der Waals surface area contributed by atoms with Gasteiger partial charge in [-0.25, -0.2) is 0 Å². The molecule has 3 N–H and O–H groups in total. The minimum atomic E-state index is -0.986. The highest BCUT2D eigenvalue weighted by atomic mass is 16.3. The van der Waals surface area contributed by atoms with Crippen LogP contribution in [0.5, 0.6) is 5.75 Å². The number of aliphatic hydroxyl groups is 2. The summed E-state index contributed by atoms with van der Waals surface area (Å²) in [4.78, 5) is 2.42. The van der Waals surface area contributed by atoms with Gasteiger partial charge in [0.05, 0.1) is 11.7 Å². The van der Waals surface area contributed by atoms with Crippen molar-refractivity contribution in [3.8, 4) is 5.75 Å². The van der Waals surface area contributed by atoms with Crippen LogP contribution in [0.15, 0.2) is 54.6 Å². The van der Waals surface area contributed by atoms with Gasteiger partial charge >= 0.3 is 0 Å². The summed E-state index contributed by atoms with van der Waals surface area (Å²) in [6, 6.07) is 17.7. The van der Waals surface area contributed by atoms with Crippen LogP contribution in [0.2, 0.25) is 0 Å². The summed E-state index contributed by atoms with van der Waals surface area (Å²) in [5.74, 6) is 1.20. The maximum atomic E-state index is 11.2. The number of phenolic OH excluding ortho intramolecular Hbond substituents is 1. The van der Waals surface area contributed by atoms with Gasteiger partial charge in [-0.1, -0.05) is 42.5 Å². The van der Waals surface area contributed by atoms with Crippen LogP contribution >= 0.6 is 0 Å². The Morgan fingerprint density at radius 2 is 1.74 bits per heavy atom. The molecule has 27 heavy (non-hydrogen) atoms. The predicted octanol–water partition coefficient (Wildman–Crippen LogP) is 2.91. The molecule has 2 fully saturated rings. The fourth-order valence-corrected chi connectivity index (χ4v) is 5.14. The van der Waals surface area contributed by atoms with Gasteiger partial charge in [0.1, 0.15) is 5.75 Å². The molecule has 4 heteroatoms. The first-order valence-electron chi connectivity index (χ1n) is 9.90. The zero-order valence-corrected chi connectivity index (χ0v) is 15.8. The lowest BCUT2D eigenvalue weighted by Crippen LogP contribution is -2.44. The number of β-amino-alcohol motifs (C(OH)–C–C–N with tert-alkyl or cyclic N) is 1. The summed E-state index contributed by atoms with van der Waals surface area (Å²) < 4.78 is 0. The van der Waals surface area contributed by atoms with Crippen LogP contribution in [0.3, 0.4) is 0 Å². The molecule has 2 aromatic rings. The number of aliphatic hydroxyl groups excluding tert-OH is 1. The SMILES string of the molecule is CC(O)(CN1CC2CC(O)CC2C1Cc1ccccc1)c1ccc(O)cc1. The molecule has 1 saturated carbocycles. The minimum absolute atomic E-state index is 0.182. The molecule has 1 aliphatic heterocycles. The van der Waals surface area contributed by atoms with Crippen LogP contribution in [0.25, 0.3) is 0 Å². The third-order valence-corrected chi connectivity index (χ3v) is 6.44. The van der Waals surface area contributed by atoms with Gasteiger partial charge in [-0.2, -0.15) is 0 Å². The van der Waals surface area contributed by atoms with Gasteiger partial charge in [0.2, 0.25) is 0 Å². The smallest absolute Gasteiger partial charge is 0.115 e. The number of nitrogens with zero attached hydrogens (tertiary/aromatic N) is 1. The number of fused-ring (bicyclic) bond motifs is 1. The van der Waals surface area contributed by atoms with Crippen molar-refractivity contribution in [2.45, 2.75) is 43.9 Å². The van der Waals surface area contributed by atoms with Crippen molar-refractivity contribution in [1.29, 1.82) is 0 Å². The van der Waals surface area contributed by atoms with Gasteiger partial charge in [-0.15, -0.1) is 0 Å². The summed E-state index contributed by atoms with van der Waals surface area (Å²) in [5, 5.41) is 30.8. The number of benzene rings is 2. The third-order valence-electron chi connectivity index (χ3n) is 6.44. The van der Waals surface area contributed by atoms with Crippen LogP contribution in [-0.4, -0.2) is 45.5 Å². The first kappa shape index (κ1) is 18.5. The maximum Gasteiger partial charge on any atom is 0.115 e. The summed E-state index contributed by atoms with van der Waals surface area (Å²) in [7, 11) is 0. The van der Waals surface area contributed by atoms with Crippen LogP contribution in [0.1, 0.15) is 30.9 Å². The highest BCUT2D eigenvalue weighted by Gasteiger charge is 2.48. The molecule has 5 unspecified atom stereocenters. The highest BCUT2D eigenvalue weighted by Crippen LogP contribution is 2.44. The highest BCUT2D eigenvalue weighted by molar-refractivity contribution is 5.30. The van der Waals surface area contributed by atoms with Gasteiger partial charge in [0.25, 0.3) is 0 Å². The van der Waals surface area contributed by atoms with Crippen molar-refractivity contribution in [3.05, 3.63) is 65.7 Å². The molecule has 2 aromatic carbocycles. The Kier molecular flexibility index (Phi) is 4.97. The Morgan fingerprint density at radius 1 is 1.04 bits per heavy atom. The van der Waals surface area contributed by atoms with E-state index >= 15 is 0 Å². The predicted molar refractivity (Wildman–Crippen MR) is 105 cm³/mol. The lowest BCUT2D eigenvalue weighted by molar-refractivity contribution is 0.00614. The van der Waals surface area contributed by atoms with Crippen molar-refractivity contribution in [2.24, 2.45) is 11.8 Å². The first-order valence-corrected chi connectivity index (χ1v) is 9.90. The number of phenols is 1. The van der Waals surface area contributed by atoms with Crippen LogP contribution in [0.4, 0.5) is 0 Å². The number of rotatable bonds is 5. The second-order valence-corrected chi connectivity index (χ2v) is 8.56. The minimum Gasteiger partial charge on any atom is -0.508 e. The average Bonchev–Trinajstić information content (AvgIpc) is 3.13. The number of hydrogen-bond donors (Lipinski definition) is 3. The van der Waals surface area contributed by atoms with Crippen molar-refractivity contribution < 1.29 is 15.3 Å². The Balaban J connectivity index is 1.55. The molecule has 2 aliphatic rings. The van der Waals surface area contributed by atoms with E-state index in [4.69, 9.17) is 0 Å². The second kappa shape index (κ2) is 7.27. The summed E-state index contributed by atoms with van der Waals surface area (Å²) in [5.41, 5.74) is 1.13. The summed E-state index contributed by atoms with van der Waals surface area (Å²) in [6.45, 7) is 3.33. The molecule has 4 rings (SSSR count). The van der Waals surface area contributed by atoms with Crippen molar-refractivity contribution in [2.75, 3.05) is 13.1 Å². The molecule has 1 aliphatic carbocycles. The van der Waals surface area contributed by atoms with E-state index in [0.29, 0.717) is 24.4 Å². The largest absolute Gasteiger partial charge is 0.508 e. The molecule has 1 saturated heterocycles. The topological polar surface area (TPSA) is 63.9 Å². The normalized spacial score (nSPS) is 30.2. The molecule has 0 bridgehead atoms. The monoisotopic (exact) mass is 367 g/mol. The van der Waals surface area contributed by atoms with E-state index in [1.54, 1.807) is 24.3 Å². The summed E-state index contributed by atoms with van der Waals surface area (Å²) >= 11 is 0. The fourth-order valence-electron chi connectivity index (χ4n) is 5.14.